The number of aromatic nitrogens is 2. The van der Waals surface area contributed by atoms with Crippen LogP contribution in [0.4, 0.5) is 5.13 Å². The minimum absolute atomic E-state index is 0.664. The molecule has 0 spiro atoms. The van der Waals surface area contributed by atoms with E-state index >= 15 is 0 Å². The van der Waals surface area contributed by atoms with Crippen LogP contribution in [0.5, 0.6) is 0 Å². The van der Waals surface area contributed by atoms with Gasteiger partial charge >= 0.3 is 0 Å². The second-order valence-corrected chi connectivity index (χ2v) is 4.65. The van der Waals surface area contributed by atoms with Gasteiger partial charge in [-0.3, -0.25) is 4.98 Å². The molecule has 2 rings (SSSR count). The van der Waals surface area contributed by atoms with Crippen molar-refractivity contribution < 1.29 is 0 Å². The Morgan fingerprint density at radius 3 is 2.60 bits per heavy atom. The molecule has 0 aromatic carbocycles. The van der Waals surface area contributed by atoms with E-state index in [1.807, 2.05) is 24.5 Å². The number of aryl methyl sites for hydroxylation is 3. The van der Waals surface area contributed by atoms with Crippen LogP contribution in [-0.4, -0.2) is 9.97 Å². The molecular formula is C11H13N3S. The predicted octanol–water partition coefficient (Wildman–Crippen LogP) is 2.21. The molecule has 0 aliphatic rings. The number of nitrogen functional groups attached to an aromatic ring is 1. The van der Waals surface area contributed by atoms with E-state index in [0.29, 0.717) is 5.13 Å². The number of anilines is 1. The Morgan fingerprint density at radius 2 is 2.00 bits per heavy atom. The van der Waals surface area contributed by atoms with E-state index in [2.05, 4.69) is 16.9 Å². The second kappa shape index (κ2) is 4.40. The van der Waals surface area contributed by atoms with Crippen LogP contribution in [-0.2, 0) is 12.8 Å². The van der Waals surface area contributed by atoms with Gasteiger partial charge in [-0.2, -0.15) is 0 Å². The minimum Gasteiger partial charge on any atom is -0.375 e. The zero-order valence-corrected chi connectivity index (χ0v) is 9.42. The Bertz CT molecular complexity index is 436. The lowest BCUT2D eigenvalue weighted by atomic mass is 10.1. The number of nitrogens with zero attached hydrogens (tertiary/aromatic N) is 2. The van der Waals surface area contributed by atoms with Crippen molar-refractivity contribution >= 4 is 16.5 Å². The fourth-order valence-corrected chi connectivity index (χ4v) is 2.23. The summed E-state index contributed by atoms with van der Waals surface area (Å²) in [6, 6.07) is 4.07. The molecule has 0 aliphatic carbocycles. The fourth-order valence-electron chi connectivity index (χ4n) is 1.49. The van der Waals surface area contributed by atoms with Crippen LogP contribution in [0.2, 0.25) is 0 Å². The molecule has 2 heterocycles. The molecule has 0 atom stereocenters. The lowest BCUT2D eigenvalue weighted by Gasteiger charge is -1.99. The van der Waals surface area contributed by atoms with E-state index < -0.39 is 0 Å². The Morgan fingerprint density at radius 1 is 1.27 bits per heavy atom. The molecule has 0 saturated heterocycles. The molecule has 15 heavy (non-hydrogen) atoms. The van der Waals surface area contributed by atoms with Crippen molar-refractivity contribution in [2.45, 2.75) is 19.8 Å². The van der Waals surface area contributed by atoms with Crippen molar-refractivity contribution in [3.05, 3.63) is 40.7 Å². The van der Waals surface area contributed by atoms with Crippen molar-refractivity contribution in [2.24, 2.45) is 0 Å². The molecule has 2 N–H and O–H groups in total. The largest absolute Gasteiger partial charge is 0.375 e. The van der Waals surface area contributed by atoms with Crippen LogP contribution < -0.4 is 5.73 Å². The minimum atomic E-state index is 0.664. The third kappa shape index (κ3) is 2.53. The van der Waals surface area contributed by atoms with Crippen LogP contribution in [0.15, 0.2) is 24.5 Å². The molecule has 0 fully saturated rings. The average molecular weight is 219 g/mol. The van der Waals surface area contributed by atoms with Crippen LogP contribution >= 0.6 is 11.3 Å². The fraction of sp³-hybridized carbons (Fsp3) is 0.273. The van der Waals surface area contributed by atoms with E-state index in [1.54, 1.807) is 11.3 Å². The van der Waals surface area contributed by atoms with Gasteiger partial charge in [-0.25, -0.2) is 4.98 Å². The molecule has 0 amide bonds. The molecule has 78 valence electrons. The van der Waals surface area contributed by atoms with Gasteiger partial charge in [0.1, 0.15) is 0 Å². The van der Waals surface area contributed by atoms with Gasteiger partial charge in [0.05, 0.1) is 5.69 Å². The zero-order valence-electron chi connectivity index (χ0n) is 8.60. The summed E-state index contributed by atoms with van der Waals surface area (Å²) in [6.45, 7) is 2.07. The molecule has 2 aromatic heterocycles. The normalized spacial score (nSPS) is 10.5. The molecule has 0 bridgehead atoms. The molecular weight excluding hydrogens is 206 g/mol. The molecule has 3 nitrogen and oxygen atoms in total. The maximum atomic E-state index is 5.65. The first-order valence-corrected chi connectivity index (χ1v) is 5.68. The van der Waals surface area contributed by atoms with Gasteiger partial charge in [0, 0.05) is 17.3 Å². The highest BCUT2D eigenvalue weighted by Gasteiger charge is 2.05. The lowest BCUT2D eigenvalue weighted by Crippen LogP contribution is -1.94. The average Bonchev–Trinajstić information content (AvgIpc) is 2.56. The smallest absolute Gasteiger partial charge is 0.180 e. The third-order valence-corrected chi connectivity index (χ3v) is 3.15. The Labute approximate surface area is 93.0 Å². The summed E-state index contributed by atoms with van der Waals surface area (Å²) < 4.78 is 0. The SMILES string of the molecule is Cc1sc(N)nc1CCc1ccncc1. The van der Waals surface area contributed by atoms with Crippen molar-refractivity contribution in [2.75, 3.05) is 5.73 Å². The topological polar surface area (TPSA) is 51.8 Å². The first-order valence-electron chi connectivity index (χ1n) is 4.86. The number of nitrogens with two attached hydrogens (primary N) is 1. The second-order valence-electron chi connectivity index (χ2n) is 3.41. The number of hydrogen-bond acceptors (Lipinski definition) is 4. The van der Waals surface area contributed by atoms with Gasteiger partial charge < -0.3 is 5.73 Å². The summed E-state index contributed by atoms with van der Waals surface area (Å²) in [5.41, 5.74) is 8.05. The summed E-state index contributed by atoms with van der Waals surface area (Å²) in [7, 11) is 0. The van der Waals surface area contributed by atoms with Crippen molar-refractivity contribution in [3.63, 3.8) is 0 Å². The van der Waals surface area contributed by atoms with Crippen LogP contribution in [0.1, 0.15) is 16.1 Å². The van der Waals surface area contributed by atoms with Crippen molar-refractivity contribution in [1.82, 2.24) is 9.97 Å². The maximum absolute atomic E-state index is 5.65. The summed E-state index contributed by atoms with van der Waals surface area (Å²) in [5, 5.41) is 0.664. The monoisotopic (exact) mass is 219 g/mol. The highest BCUT2D eigenvalue weighted by molar-refractivity contribution is 7.15. The molecule has 0 radical (unpaired) electrons. The van der Waals surface area contributed by atoms with Gasteiger partial charge in [0.15, 0.2) is 5.13 Å². The van der Waals surface area contributed by atoms with E-state index in [4.69, 9.17) is 5.73 Å². The van der Waals surface area contributed by atoms with Crippen LogP contribution in [0.25, 0.3) is 0 Å². The molecule has 4 heteroatoms. The summed E-state index contributed by atoms with van der Waals surface area (Å²) >= 11 is 1.56. The molecule has 0 aliphatic heterocycles. The lowest BCUT2D eigenvalue weighted by molar-refractivity contribution is 0.915. The summed E-state index contributed by atoms with van der Waals surface area (Å²) in [4.78, 5) is 9.52. The molecule has 0 unspecified atom stereocenters. The Balaban J connectivity index is 2.02. The van der Waals surface area contributed by atoms with Gasteiger partial charge in [-0.15, -0.1) is 11.3 Å². The van der Waals surface area contributed by atoms with Gasteiger partial charge in [-0.1, -0.05) is 0 Å². The van der Waals surface area contributed by atoms with Gasteiger partial charge in [0.2, 0.25) is 0 Å². The van der Waals surface area contributed by atoms with Gasteiger partial charge in [-0.05, 0) is 37.5 Å². The van der Waals surface area contributed by atoms with E-state index in [-0.39, 0.29) is 0 Å². The third-order valence-electron chi connectivity index (χ3n) is 2.31. The van der Waals surface area contributed by atoms with E-state index in [1.165, 1.54) is 10.4 Å². The standard InChI is InChI=1S/C11H13N3S/c1-8-10(14-11(12)15-8)3-2-9-4-6-13-7-5-9/h4-7H,2-3H2,1H3,(H2,12,14). The van der Waals surface area contributed by atoms with Crippen molar-refractivity contribution in [3.8, 4) is 0 Å². The highest BCUT2D eigenvalue weighted by atomic mass is 32.1. The Kier molecular flexibility index (Phi) is 2.97. The van der Waals surface area contributed by atoms with Crippen LogP contribution in [0.3, 0.4) is 0 Å². The van der Waals surface area contributed by atoms with Gasteiger partial charge in [0.25, 0.3) is 0 Å². The molecule has 0 saturated carbocycles. The predicted molar refractivity (Wildman–Crippen MR) is 62.9 cm³/mol. The highest BCUT2D eigenvalue weighted by Crippen LogP contribution is 2.20. The van der Waals surface area contributed by atoms with E-state index in [9.17, 15) is 0 Å². The summed E-state index contributed by atoms with van der Waals surface area (Å²) in [6.07, 6.45) is 5.57. The van der Waals surface area contributed by atoms with Crippen LogP contribution in [0, 0.1) is 6.92 Å². The Hall–Kier alpha value is -1.42. The molecule has 2 aromatic rings. The van der Waals surface area contributed by atoms with Crippen molar-refractivity contribution in [1.29, 1.82) is 0 Å². The summed E-state index contributed by atoms with van der Waals surface area (Å²) in [5.74, 6) is 0. The first-order chi connectivity index (χ1) is 7.25. The number of hydrogen-bond donors (Lipinski definition) is 1. The first kappa shape index (κ1) is 10.1. The quantitative estimate of drug-likeness (QED) is 0.861. The maximum Gasteiger partial charge on any atom is 0.180 e. The number of thiazole rings is 1. The zero-order chi connectivity index (χ0) is 10.7. The van der Waals surface area contributed by atoms with E-state index in [0.717, 1.165) is 18.5 Å². The number of rotatable bonds is 3. The number of pyridine rings is 1.